The molecule has 0 aliphatic heterocycles. The average Bonchev–Trinajstić information content (AvgIpc) is 2.42. The van der Waals surface area contributed by atoms with Gasteiger partial charge in [-0.3, -0.25) is 0 Å². The first-order valence-electron chi connectivity index (χ1n) is 4.06. The van der Waals surface area contributed by atoms with Gasteiger partial charge in [0.1, 0.15) is 0 Å². The van der Waals surface area contributed by atoms with Crippen LogP contribution in [0, 0.1) is 0 Å². The lowest BCUT2D eigenvalue weighted by Crippen LogP contribution is -1.82. The van der Waals surface area contributed by atoms with Gasteiger partial charge in [0.25, 0.3) is 0 Å². The van der Waals surface area contributed by atoms with Crippen LogP contribution >= 0.6 is 15.9 Å². The number of nitrogens with zero attached hydrogens (tertiary/aromatic N) is 1. The van der Waals surface area contributed by atoms with Crippen molar-refractivity contribution in [2.75, 3.05) is 0 Å². The highest BCUT2D eigenvalue weighted by Gasteiger charge is 2.04. The minimum absolute atomic E-state index is 0.0911. The summed E-state index contributed by atoms with van der Waals surface area (Å²) in [7, 11) is 1.98. The third kappa shape index (κ3) is 1.38. The van der Waals surface area contributed by atoms with Crippen molar-refractivity contribution in [3.05, 3.63) is 34.4 Å². The molecule has 1 heterocycles. The van der Waals surface area contributed by atoms with Crippen molar-refractivity contribution in [3.8, 4) is 0 Å². The largest absolute Gasteiger partial charge is 0.392 e. The van der Waals surface area contributed by atoms with E-state index < -0.39 is 0 Å². The Morgan fingerprint density at radius 1 is 1.46 bits per heavy atom. The van der Waals surface area contributed by atoms with E-state index in [9.17, 15) is 0 Å². The Balaban J connectivity index is 2.81. The molecule has 0 spiro atoms. The van der Waals surface area contributed by atoms with Crippen molar-refractivity contribution in [1.29, 1.82) is 0 Å². The maximum absolute atomic E-state index is 9.11. The summed E-state index contributed by atoms with van der Waals surface area (Å²) in [6.45, 7) is 0.0911. The first-order valence-corrected chi connectivity index (χ1v) is 4.86. The molecular weight excluding hydrogens is 230 g/mol. The number of halogens is 1. The molecule has 68 valence electrons. The van der Waals surface area contributed by atoms with E-state index in [0.717, 1.165) is 20.9 Å². The van der Waals surface area contributed by atoms with Crippen LogP contribution in [0.2, 0.25) is 0 Å². The Hall–Kier alpha value is -0.800. The Bertz CT molecular complexity index is 447. The highest BCUT2D eigenvalue weighted by Crippen LogP contribution is 2.24. The second-order valence-electron chi connectivity index (χ2n) is 3.08. The molecule has 0 saturated heterocycles. The van der Waals surface area contributed by atoms with Gasteiger partial charge >= 0.3 is 0 Å². The molecule has 0 bridgehead atoms. The van der Waals surface area contributed by atoms with Crippen LogP contribution in [0.1, 0.15) is 5.56 Å². The van der Waals surface area contributed by atoms with E-state index in [4.69, 9.17) is 5.11 Å². The standard InChI is InChI=1S/C10H10BrNO/c1-12-5-7(6-13)9-4-8(11)2-3-10(9)12/h2-5,13H,6H2,1H3. The zero-order chi connectivity index (χ0) is 9.42. The molecule has 0 radical (unpaired) electrons. The van der Waals surface area contributed by atoms with Gasteiger partial charge in [0.15, 0.2) is 0 Å². The molecule has 0 aliphatic carbocycles. The lowest BCUT2D eigenvalue weighted by Gasteiger charge is -1.96. The molecule has 2 rings (SSSR count). The highest BCUT2D eigenvalue weighted by atomic mass is 79.9. The third-order valence-electron chi connectivity index (χ3n) is 2.20. The molecule has 1 aromatic carbocycles. The van der Waals surface area contributed by atoms with Gasteiger partial charge in [0.2, 0.25) is 0 Å². The van der Waals surface area contributed by atoms with Gasteiger partial charge in [0.05, 0.1) is 6.61 Å². The topological polar surface area (TPSA) is 25.2 Å². The quantitative estimate of drug-likeness (QED) is 0.813. The number of rotatable bonds is 1. The Morgan fingerprint density at radius 3 is 2.92 bits per heavy atom. The first-order chi connectivity index (χ1) is 6.22. The monoisotopic (exact) mass is 239 g/mol. The van der Waals surface area contributed by atoms with Gasteiger partial charge < -0.3 is 9.67 Å². The number of hydrogen-bond donors (Lipinski definition) is 1. The van der Waals surface area contributed by atoms with Gasteiger partial charge in [-0.15, -0.1) is 0 Å². The number of hydrogen-bond acceptors (Lipinski definition) is 1. The second-order valence-corrected chi connectivity index (χ2v) is 4.00. The van der Waals surface area contributed by atoms with E-state index in [0.29, 0.717) is 0 Å². The molecule has 1 aromatic heterocycles. The van der Waals surface area contributed by atoms with Gasteiger partial charge in [-0.2, -0.15) is 0 Å². The van der Waals surface area contributed by atoms with E-state index in [1.165, 1.54) is 0 Å². The summed E-state index contributed by atoms with van der Waals surface area (Å²) in [5.41, 5.74) is 2.12. The lowest BCUT2D eigenvalue weighted by atomic mass is 10.2. The third-order valence-corrected chi connectivity index (χ3v) is 2.70. The molecule has 1 N–H and O–H groups in total. The number of fused-ring (bicyclic) bond motifs is 1. The van der Waals surface area contributed by atoms with Crippen LogP contribution in [0.4, 0.5) is 0 Å². The van der Waals surface area contributed by atoms with Gasteiger partial charge in [-0.25, -0.2) is 0 Å². The number of benzene rings is 1. The lowest BCUT2D eigenvalue weighted by molar-refractivity contribution is 0.283. The van der Waals surface area contributed by atoms with Crippen LogP contribution < -0.4 is 0 Å². The summed E-state index contributed by atoms with van der Waals surface area (Å²) in [6, 6.07) is 6.07. The van der Waals surface area contributed by atoms with E-state index >= 15 is 0 Å². The molecule has 2 aromatic rings. The zero-order valence-corrected chi connectivity index (χ0v) is 8.87. The molecule has 0 saturated carbocycles. The van der Waals surface area contributed by atoms with Crippen molar-refractivity contribution in [3.63, 3.8) is 0 Å². The highest BCUT2D eigenvalue weighted by molar-refractivity contribution is 9.10. The van der Waals surface area contributed by atoms with Gasteiger partial charge in [0, 0.05) is 34.2 Å². The number of aromatic nitrogens is 1. The summed E-state index contributed by atoms with van der Waals surface area (Å²) >= 11 is 3.41. The normalized spacial score (nSPS) is 11.0. The summed E-state index contributed by atoms with van der Waals surface area (Å²) in [5, 5.41) is 10.2. The van der Waals surface area contributed by atoms with E-state index in [-0.39, 0.29) is 6.61 Å². The van der Waals surface area contributed by atoms with Gasteiger partial charge in [-0.05, 0) is 18.2 Å². The summed E-state index contributed by atoms with van der Waals surface area (Å²) in [4.78, 5) is 0. The van der Waals surface area contributed by atoms with Crippen molar-refractivity contribution in [1.82, 2.24) is 4.57 Å². The van der Waals surface area contributed by atoms with Crippen LogP contribution in [0.25, 0.3) is 10.9 Å². The second kappa shape index (κ2) is 3.16. The molecule has 2 nitrogen and oxygen atoms in total. The van der Waals surface area contributed by atoms with Crippen molar-refractivity contribution in [2.24, 2.45) is 7.05 Å². The predicted octanol–water partition coefficient (Wildman–Crippen LogP) is 2.43. The Labute approximate surface area is 84.9 Å². The number of aryl methyl sites for hydroxylation is 1. The van der Waals surface area contributed by atoms with Crippen LogP contribution in [-0.4, -0.2) is 9.67 Å². The average molecular weight is 240 g/mol. The van der Waals surface area contributed by atoms with E-state index in [1.807, 2.05) is 36.0 Å². The van der Waals surface area contributed by atoms with Crippen LogP contribution in [-0.2, 0) is 13.7 Å². The molecule has 3 heteroatoms. The van der Waals surface area contributed by atoms with Crippen LogP contribution in [0.15, 0.2) is 28.9 Å². The van der Waals surface area contributed by atoms with Gasteiger partial charge in [-0.1, -0.05) is 15.9 Å². The molecule has 13 heavy (non-hydrogen) atoms. The van der Waals surface area contributed by atoms with Crippen molar-refractivity contribution < 1.29 is 5.11 Å². The fraction of sp³-hybridized carbons (Fsp3) is 0.200. The summed E-state index contributed by atoms with van der Waals surface area (Å²) in [6.07, 6.45) is 1.96. The SMILES string of the molecule is Cn1cc(CO)c2cc(Br)ccc21. The van der Waals surface area contributed by atoms with Crippen molar-refractivity contribution in [2.45, 2.75) is 6.61 Å². The number of aliphatic hydroxyl groups is 1. The minimum atomic E-state index is 0.0911. The van der Waals surface area contributed by atoms with Crippen molar-refractivity contribution >= 4 is 26.8 Å². The minimum Gasteiger partial charge on any atom is -0.392 e. The Morgan fingerprint density at radius 2 is 2.23 bits per heavy atom. The smallest absolute Gasteiger partial charge is 0.0702 e. The predicted molar refractivity (Wildman–Crippen MR) is 56.5 cm³/mol. The molecule has 0 aliphatic rings. The zero-order valence-electron chi connectivity index (χ0n) is 7.29. The van der Waals surface area contributed by atoms with E-state index in [1.54, 1.807) is 0 Å². The summed E-state index contributed by atoms with van der Waals surface area (Å²) in [5.74, 6) is 0. The number of aliphatic hydroxyl groups excluding tert-OH is 1. The molecule has 0 atom stereocenters. The fourth-order valence-electron chi connectivity index (χ4n) is 1.57. The van der Waals surface area contributed by atoms with Crippen LogP contribution in [0.3, 0.4) is 0 Å². The Kier molecular flexibility index (Phi) is 2.14. The summed E-state index contributed by atoms with van der Waals surface area (Å²) < 4.78 is 3.06. The first kappa shape index (κ1) is 8.78. The molecule has 0 amide bonds. The maximum Gasteiger partial charge on any atom is 0.0702 e. The van der Waals surface area contributed by atoms with Crippen LogP contribution in [0.5, 0.6) is 0 Å². The maximum atomic E-state index is 9.11. The molecular formula is C10H10BrNO. The molecule has 0 fully saturated rings. The molecule has 0 unspecified atom stereocenters. The fourth-order valence-corrected chi connectivity index (χ4v) is 1.93. The van der Waals surface area contributed by atoms with E-state index in [2.05, 4.69) is 15.9 Å².